The van der Waals surface area contributed by atoms with Crippen LogP contribution in [0.1, 0.15) is 15.9 Å². The zero-order valence-corrected chi connectivity index (χ0v) is 19.1. The second kappa shape index (κ2) is 8.62. The molecule has 2 aromatic heterocycles. The number of carbonyl (C=O) groups excluding carboxylic acids is 1. The number of hydrogen-bond donors (Lipinski definition) is 0. The number of nitrogens with zero attached hydrogens (tertiary/aromatic N) is 5. The number of rotatable bonds is 4. The summed E-state index contributed by atoms with van der Waals surface area (Å²) in [6, 6.07) is 17.1. The Kier molecular flexibility index (Phi) is 5.31. The van der Waals surface area contributed by atoms with Crippen LogP contribution in [0, 0.1) is 0 Å². The Balaban J connectivity index is 1.14. The van der Waals surface area contributed by atoms with Crippen LogP contribution in [0.3, 0.4) is 0 Å². The highest BCUT2D eigenvalue weighted by Crippen LogP contribution is 2.33. The number of pyridine rings is 1. The molecule has 0 aliphatic carbocycles. The van der Waals surface area contributed by atoms with Crippen molar-refractivity contribution in [3.63, 3.8) is 0 Å². The lowest BCUT2D eigenvalue weighted by Gasteiger charge is -2.34. The number of piperazine rings is 1. The van der Waals surface area contributed by atoms with E-state index in [9.17, 15) is 4.79 Å². The average Bonchev–Trinajstić information content (AvgIpc) is 3.51. The molecule has 1 saturated heterocycles. The van der Waals surface area contributed by atoms with Gasteiger partial charge < -0.3 is 14.4 Å². The van der Waals surface area contributed by atoms with Crippen molar-refractivity contribution in [3.8, 4) is 22.9 Å². The zero-order chi connectivity index (χ0) is 23.1. The lowest BCUT2D eigenvalue weighted by atomic mass is 10.1. The van der Waals surface area contributed by atoms with Crippen molar-refractivity contribution in [2.24, 2.45) is 0 Å². The smallest absolute Gasteiger partial charge is 0.255 e. The predicted molar refractivity (Wildman–Crippen MR) is 127 cm³/mol. The molecule has 1 fully saturated rings. The van der Waals surface area contributed by atoms with E-state index in [0.717, 1.165) is 36.7 Å². The van der Waals surface area contributed by atoms with Crippen LogP contribution in [0.25, 0.3) is 17.0 Å². The second-order valence-corrected chi connectivity index (χ2v) is 8.87. The van der Waals surface area contributed by atoms with Gasteiger partial charge in [-0.05, 0) is 54.1 Å². The van der Waals surface area contributed by atoms with Crippen LogP contribution in [0.5, 0.6) is 11.5 Å². The van der Waals surface area contributed by atoms with E-state index in [1.807, 2.05) is 64.0 Å². The number of carbonyl (C=O) groups is 1. The molecule has 2 aliphatic rings. The molecule has 6 rings (SSSR count). The minimum Gasteiger partial charge on any atom is -0.454 e. The van der Waals surface area contributed by atoms with E-state index in [1.165, 1.54) is 5.56 Å². The molecule has 4 aromatic rings. The number of benzene rings is 2. The third-order valence-electron chi connectivity index (χ3n) is 6.25. The van der Waals surface area contributed by atoms with Gasteiger partial charge in [0.1, 0.15) is 0 Å². The summed E-state index contributed by atoms with van der Waals surface area (Å²) in [5, 5.41) is 9.19. The molecular formula is C25H22ClN5O3. The minimum absolute atomic E-state index is 0.0142. The molecule has 2 aromatic carbocycles. The number of fused-ring (bicyclic) bond motifs is 2. The molecule has 1 amide bonds. The highest BCUT2D eigenvalue weighted by atomic mass is 35.5. The van der Waals surface area contributed by atoms with Crippen molar-refractivity contribution in [2.75, 3.05) is 33.0 Å². The molecule has 2 aliphatic heterocycles. The fourth-order valence-corrected chi connectivity index (χ4v) is 4.53. The van der Waals surface area contributed by atoms with E-state index in [0.29, 0.717) is 35.1 Å². The molecule has 0 saturated carbocycles. The number of hydrogen-bond acceptors (Lipinski definition) is 6. The molecule has 0 unspecified atom stereocenters. The number of aromatic nitrogens is 3. The molecule has 0 spiro atoms. The summed E-state index contributed by atoms with van der Waals surface area (Å²) in [5.41, 5.74) is 3.37. The fraction of sp³-hybridized carbons (Fsp3) is 0.240. The maximum atomic E-state index is 13.3. The van der Waals surface area contributed by atoms with Crippen molar-refractivity contribution in [2.45, 2.75) is 6.54 Å². The maximum absolute atomic E-state index is 13.3. The van der Waals surface area contributed by atoms with Gasteiger partial charge in [0.25, 0.3) is 5.91 Å². The van der Waals surface area contributed by atoms with E-state index in [2.05, 4.69) is 21.2 Å². The van der Waals surface area contributed by atoms with Crippen LogP contribution in [-0.4, -0.2) is 63.3 Å². The number of halogens is 1. The van der Waals surface area contributed by atoms with Gasteiger partial charge in [-0.1, -0.05) is 17.7 Å². The Morgan fingerprint density at radius 2 is 1.71 bits per heavy atom. The van der Waals surface area contributed by atoms with Gasteiger partial charge in [-0.15, -0.1) is 10.2 Å². The standard InChI is InChI=1S/C25H22ClN5O3/c26-20-5-2-18(3-6-20)24-28-27-23-8-4-19(15-31(23)24)25(32)30-11-9-29(10-12-30)14-17-1-7-21-22(13-17)34-16-33-21/h1-8,13,15H,9-12,14,16H2. The summed E-state index contributed by atoms with van der Waals surface area (Å²) in [4.78, 5) is 17.5. The predicted octanol–water partition coefficient (Wildman–Crippen LogP) is 3.74. The maximum Gasteiger partial charge on any atom is 0.255 e. The van der Waals surface area contributed by atoms with Crippen molar-refractivity contribution >= 4 is 23.2 Å². The number of amides is 1. The second-order valence-electron chi connectivity index (χ2n) is 8.43. The van der Waals surface area contributed by atoms with Gasteiger partial charge in [-0.25, -0.2) is 0 Å². The highest BCUT2D eigenvalue weighted by molar-refractivity contribution is 6.30. The van der Waals surface area contributed by atoms with Crippen molar-refractivity contribution in [1.82, 2.24) is 24.4 Å². The highest BCUT2D eigenvalue weighted by Gasteiger charge is 2.24. The van der Waals surface area contributed by atoms with Gasteiger partial charge in [0.2, 0.25) is 6.79 Å². The quantitative estimate of drug-likeness (QED) is 0.448. The third kappa shape index (κ3) is 3.95. The van der Waals surface area contributed by atoms with Crippen molar-refractivity contribution in [1.29, 1.82) is 0 Å². The van der Waals surface area contributed by atoms with Crippen LogP contribution in [-0.2, 0) is 6.54 Å². The van der Waals surface area contributed by atoms with Crippen molar-refractivity contribution < 1.29 is 14.3 Å². The van der Waals surface area contributed by atoms with Gasteiger partial charge in [-0.2, -0.15) is 0 Å². The Morgan fingerprint density at radius 1 is 0.912 bits per heavy atom. The molecule has 9 heteroatoms. The minimum atomic E-state index is 0.0142. The largest absolute Gasteiger partial charge is 0.454 e. The van der Waals surface area contributed by atoms with Crippen LogP contribution in [0.4, 0.5) is 0 Å². The first kappa shape index (κ1) is 20.9. The molecule has 4 heterocycles. The van der Waals surface area contributed by atoms with Crippen molar-refractivity contribution in [3.05, 3.63) is 76.9 Å². The first-order valence-corrected chi connectivity index (χ1v) is 11.5. The molecule has 0 N–H and O–H groups in total. The van der Waals surface area contributed by atoms with E-state index in [4.69, 9.17) is 21.1 Å². The lowest BCUT2D eigenvalue weighted by Crippen LogP contribution is -2.48. The molecule has 0 bridgehead atoms. The van der Waals surface area contributed by atoms with E-state index < -0.39 is 0 Å². The third-order valence-corrected chi connectivity index (χ3v) is 6.51. The zero-order valence-electron chi connectivity index (χ0n) is 18.4. The first-order chi connectivity index (χ1) is 16.6. The van der Waals surface area contributed by atoms with Crippen LogP contribution in [0.2, 0.25) is 5.02 Å². The summed E-state index contributed by atoms with van der Waals surface area (Å²) in [6.07, 6.45) is 1.82. The summed E-state index contributed by atoms with van der Waals surface area (Å²) in [6.45, 7) is 4.06. The SMILES string of the molecule is O=C(c1ccc2nnc(-c3ccc(Cl)cc3)n2c1)N1CCN(Cc2ccc3c(c2)OCO3)CC1. The average molecular weight is 476 g/mol. The van der Waals surface area contributed by atoms with Gasteiger partial charge in [0.05, 0.1) is 5.56 Å². The van der Waals surface area contributed by atoms with Crippen LogP contribution < -0.4 is 9.47 Å². The van der Waals surface area contributed by atoms with E-state index in [1.54, 1.807) is 0 Å². The van der Waals surface area contributed by atoms with E-state index in [-0.39, 0.29) is 12.7 Å². The Labute approximate surface area is 201 Å². The van der Waals surface area contributed by atoms with Gasteiger partial charge in [0, 0.05) is 49.5 Å². The van der Waals surface area contributed by atoms with Gasteiger partial charge >= 0.3 is 0 Å². The first-order valence-electron chi connectivity index (χ1n) is 11.1. The lowest BCUT2D eigenvalue weighted by molar-refractivity contribution is 0.0628. The fourth-order valence-electron chi connectivity index (χ4n) is 4.40. The van der Waals surface area contributed by atoms with Crippen LogP contribution in [0.15, 0.2) is 60.8 Å². The van der Waals surface area contributed by atoms with Gasteiger partial charge in [-0.3, -0.25) is 14.1 Å². The number of ether oxygens (including phenoxy) is 2. The van der Waals surface area contributed by atoms with Crippen LogP contribution >= 0.6 is 11.6 Å². The summed E-state index contributed by atoms with van der Waals surface area (Å²) in [7, 11) is 0. The molecule has 0 atom stereocenters. The molecule has 172 valence electrons. The molecule has 34 heavy (non-hydrogen) atoms. The Hall–Kier alpha value is -3.62. The Bertz CT molecular complexity index is 1360. The normalized spacial score (nSPS) is 15.7. The van der Waals surface area contributed by atoms with E-state index >= 15 is 0 Å². The topological polar surface area (TPSA) is 72.2 Å². The molecular weight excluding hydrogens is 454 g/mol. The summed E-state index contributed by atoms with van der Waals surface area (Å²) >= 11 is 6.01. The molecule has 0 radical (unpaired) electrons. The Morgan fingerprint density at radius 3 is 2.53 bits per heavy atom. The summed E-state index contributed by atoms with van der Waals surface area (Å²) < 4.78 is 12.7. The monoisotopic (exact) mass is 475 g/mol. The van der Waals surface area contributed by atoms with Gasteiger partial charge in [0.15, 0.2) is 23.0 Å². The summed E-state index contributed by atoms with van der Waals surface area (Å²) in [5.74, 6) is 2.28. The molecule has 8 nitrogen and oxygen atoms in total.